The number of carbonyl (C=O) groups excluding carboxylic acids is 4. The third-order valence-corrected chi connectivity index (χ3v) is 5.28. The Bertz CT molecular complexity index is 784. The van der Waals surface area contributed by atoms with Crippen molar-refractivity contribution in [1.82, 2.24) is 15.5 Å². The van der Waals surface area contributed by atoms with Gasteiger partial charge in [-0.2, -0.15) is 0 Å². The lowest BCUT2D eigenvalue weighted by atomic mass is 9.77. The highest BCUT2D eigenvalue weighted by atomic mass is 16.5. The molecule has 1 spiro atoms. The lowest BCUT2D eigenvalue weighted by Crippen LogP contribution is -2.50. The van der Waals surface area contributed by atoms with Crippen molar-refractivity contribution in [3.63, 3.8) is 0 Å². The van der Waals surface area contributed by atoms with Crippen LogP contribution in [0.5, 0.6) is 5.75 Å². The van der Waals surface area contributed by atoms with Crippen LogP contribution in [0.25, 0.3) is 0 Å². The van der Waals surface area contributed by atoms with Gasteiger partial charge in [-0.05, 0) is 55.9 Å². The number of amides is 6. The average Bonchev–Trinajstić information content (AvgIpc) is 2.89. The molecule has 1 heterocycles. The molecular formula is C19H24N4O5. The molecule has 2 fully saturated rings. The van der Waals surface area contributed by atoms with Gasteiger partial charge in [-0.1, -0.05) is 6.92 Å². The number of rotatable bonds is 4. The molecule has 9 heteroatoms. The van der Waals surface area contributed by atoms with Gasteiger partial charge < -0.3 is 15.4 Å². The van der Waals surface area contributed by atoms with Gasteiger partial charge in [-0.15, -0.1) is 0 Å². The molecule has 0 atom stereocenters. The Hall–Kier alpha value is -3.10. The molecular weight excluding hydrogens is 364 g/mol. The fourth-order valence-corrected chi connectivity index (χ4v) is 3.56. The number of carbonyl (C=O) groups is 4. The smallest absolute Gasteiger partial charge is 0.325 e. The van der Waals surface area contributed by atoms with E-state index >= 15 is 0 Å². The minimum atomic E-state index is -0.908. The maximum atomic E-state index is 12.7. The molecule has 2 aliphatic rings. The standard InChI is InChI=1S/C19H24N4O5/c1-12-7-9-19(10-8-12)16(25)23(18(27)22-19)11-15(24)21-17(26)20-13-3-5-14(28-2)6-4-13/h3-6,12H,7-11H2,1-2H3,(H,22,27)(H2,20,21,24,26). The second kappa shape index (κ2) is 7.87. The van der Waals surface area contributed by atoms with Crippen molar-refractivity contribution in [1.29, 1.82) is 0 Å². The summed E-state index contributed by atoms with van der Waals surface area (Å²) < 4.78 is 5.03. The monoisotopic (exact) mass is 388 g/mol. The van der Waals surface area contributed by atoms with E-state index in [-0.39, 0.29) is 0 Å². The molecule has 0 radical (unpaired) electrons. The first-order chi connectivity index (χ1) is 13.3. The first kappa shape index (κ1) is 19.7. The molecule has 1 aliphatic carbocycles. The number of hydrogen-bond donors (Lipinski definition) is 3. The third kappa shape index (κ3) is 4.08. The Balaban J connectivity index is 1.54. The van der Waals surface area contributed by atoms with Crippen molar-refractivity contribution >= 4 is 29.6 Å². The molecule has 1 aliphatic heterocycles. The first-order valence-corrected chi connectivity index (χ1v) is 9.22. The van der Waals surface area contributed by atoms with Crippen molar-refractivity contribution in [2.45, 2.75) is 38.1 Å². The van der Waals surface area contributed by atoms with E-state index in [9.17, 15) is 19.2 Å². The molecule has 3 rings (SSSR count). The molecule has 0 aromatic heterocycles. The molecule has 28 heavy (non-hydrogen) atoms. The molecule has 150 valence electrons. The van der Waals surface area contributed by atoms with Gasteiger partial charge >= 0.3 is 12.1 Å². The van der Waals surface area contributed by atoms with Gasteiger partial charge in [-0.3, -0.25) is 19.8 Å². The van der Waals surface area contributed by atoms with E-state index in [2.05, 4.69) is 22.9 Å². The fraction of sp³-hybridized carbons (Fsp3) is 0.474. The molecule has 9 nitrogen and oxygen atoms in total. The predicted molar refractivity (Wildman–Crippen MR) is 101 cm³/mol. The summed E-state index contributed by atoms with van der Waals surface area (Å²) in [5, 5.41) is 7.38. The maximum Gasteiger partial charge on any atom is 0.325 e. The van der Waals surface area contributed by atoms with Gasteiger partial charge in [0, 0.05) is 5.69 Å². The van der Waals surface area contributed by atoms with Gasteiger partial charge in [0.25, 0.3) is 5.91 Å². The van der Waals surface area contributed by atoms with Crippen molar-refractivity contribution in [3.05, 3.63) is 24.3 Å². The first-order valence-electron chi connectivity index (χ1n) is 9.22. The largest absolute Gasteiger partial charge is 0.497 e. The van der Waals surface area contributed by atoms with Crippen LogP contribution in [0.2, 0.25) is 0 Å². The summed E-state index contributed by atoms with van der Waals surface area (Å²) in [6.07, 6.45) is 2.82. The molecule has 1 saturated carbocycles. The van der Waals surface area contributed by atoms with Gasteiger partial charge in [0.15, 0.2) is 0 Å². The summed E-state index contributed by atoms with van der Waals surface area (Å²) in [6, 6.07) is 5.22. The Labute approximate surface area is 162 Å². The Morgan fingerprint density at radius 2 is 1.86 bits per heavy atom. The summed E-state index contributed by atoms with van der Waals surface area (Å²) in [5.74, 6) is 0.00630. The summed E-state index contributed by atoms with van der Waals surface area (Å²) in [4.78, 5) is 49.9. The van der Waals surface area contributed by atoms with Crippen LogP contribution in [-0.4, -0.2) is 48.0 Å². The van der Waals surface area contributed by atoms with Gasteiger partial charge in [0.2, 0.25) is 5.91 Å². The highest BCUT2D eigenvalue weighted by Gasteiger charge is 2.52. The zero-order valence-corrected chi connectivity index (χ0v) is 15.9. The van der Waals surface area contributed by atoms with E-state index in [0.717, 1.165) is 17.7 Å². The molecule has 1 aromatic carbocycles. The maximum absolute atomic E-state index is 12.7. The highest BCUT2D eigenvalue weighted by Crippen LogP contribution is 2.36. The van der Waals surface area contributed by atoms with Crippen LogP contribution in [0.3, 0.4) is 0 Å². The summed E-state index contributed by atoms with van der Waals surface area (Å²) >= 11 is 0. The lowest BCUT2D eigenvalue weighted by molar-refractivity contribution is -0.135. The average molecular weight is 388 g/mol. The van der Waals surface area contributed by atoms with E-state index in [1.807, 2.05) is 0 Å². The Morgan fingerprint density at radius 3 is 2.46 bits per heavy atom. The van der Waals surface area contributed by atoms with E-state index in [1.54, 1.807) is 24.3 Å². The number of methoxy groups -OCH3 is 1. The number of ether oxygens (including phenoxy) is 1. The fourth-order valence-electron chi connectivity index (χ4n) is 3.56. The topological polar surface area (TPSA) is 117 Å². The van der Waals surface area contributed by atoms with Gasteiger partial charge in [0.05, 0.1) is 7.11 Å². The number of imide groups is 2. The number of benzene rings is 1. The lowest BCUT2D eigenvalue weighted by Gasteiger charge is -2.33. The number of anilines is 1. The number of nitrogens with one attached hydrogen (secondary N) is 3. The summed E-state index contributed by atoms with van der Waals surface area (Å²) in [5.41, 5.74) is -0.439. The molecule has 1 saturated heterocycles. The van der Waals surface area contributed by atoms with Crippen LogP contribution < -0.4 is 20.7 Å². The Kier molecular flexibility index (Phi) is 5.53. The third-order valence-electron chi connectivity index (χ3n) is 5.28. The number of nitrogens with zero attached hydrogens (tertiary/aromatic N) is 1. The van der Waals surface area contributed by atoms with Crippen LogP contribution in [0.1, 0.15) is 32.6 Å². The van der Waals surface area contributed by atoms with E-state index < -0.39 is 36.0 Å². The molecule has 0 bridgehead atoms. The van der Waals surface area contributed by atoms with Crippen LogP contribution in [0.4, 0.5) is 15.3 Å². The van der Waals surface area contributed by atoms with E-state index in [4.69, 9.17) is 4.74 Å². The van der Waals surface area contributed by atoms with Crippen LogP contribution >= 0.6 is 0 Å². The van der Waals surface area contributed by atoms with Gasteiger partial charge in [0.1, 0.15) is 17.8 Å². The predicted octanol–water partition coefficient (Wildman–Crippen LogP) is 1.84. The summed E-state index contributed by atoms with van der Waals surface area (Å²) in [6.45, 7) is 1.61. The quantitative estimate of drug-likeness (QED) is 0.681. The van der Waals surface area contributed by atoms with Crippen molar-refractivity contribution in [3.8, 4) is 5.75 Å². The molecule has 3 N–H and O–H groups in total. The van der Waals surface area contributed by atoms with Crippen molar-refractivity contribution < 1.29 is 23.9 Å². The van der Waals surface area contributed by atoms with Crippen LogP contribution in [-0.2, 0) is 9.59 Å². The Morgan fingerprint density at radius 1 is 1.21 bits per heavy atom. The second-order valence-corrected chi connectivity index (χ2v) is 7.32. The van der Waals surface area contributed by atoms with Crippen LogP contribution in [0, 0.1) is 5.92 Å². The molecule has 1 aromatic rings. The zero-order valence-electron chi connectivity index (χ0n) is 15.9. The molecule has 6 amide bonds. The van der Waals surface area contributed by atoms with Crippen molar-refractivity contribution in [2.24, 2.45) is 5.92 Å². The summed E-state index contributed by atoms with van der Waals surface area (Å²) in [7, 11) is 1.53. The van der Waals surface area contributed by atoms with Gasteiger partial charge in [-0.25, -0.2) is 9.59 Å². The second-order valence-electron chi connectivity index (χ2n) is 7.32. The number of hydrogen-bond acceptors (Lipinski definition) is 5. The minimum Gasteiger partial charge on any atom is -0.497 e. The highest BCUT2D eigenvalue weighted by molar-refractivity contribution is 6.10. The van der Waals surface area contributed by atoms with E-state index in [0.29, 0.717) is 30.2 Å². The number of urea groups is 2. The van der Waals surface area contributed by atoms with Crippen LogP contribution in [0.15, 0.2) is 24.3 Å². The minimum absolute atomic E-state index is 0.393. The molecule has 0 unspecified atom stereocenters. The van der Waals surface area contributed by atoms with E-state index in [1.165, 1.54) is 7.11 Å². The van der Waals surface area contributed by atoms with Crippen molar-refractivity contribution in [2.75, 3.05) is 19.0 Å². The zero-order chi connectivity index (χ0) is 20.3. The normalized spacial score (nSPS) is 24.1. The SMILES string of the molecule is COc1ccc(NC(=O)NC(=O)CN2C(=O)NC3(CCC(C)CC3)C2=O)cc1.